The molecule has 0 bridgehead atoms. The smallest absolute Gasteiger partial charge is 0.326 e. The van der Waals surface area contributed by atoms with Gasteiger partial charge in [-0.15, -0.1) is 0 Å². The lowest BCUT2D eigenvalue weighted by atomic mass is 9.89. The summed E-state index contributed by atoms with van der Waals surface area (Å²) in [4.78, 5) is 25.0. The van der Waals surface area contributed by atoms with Gasteiger partial charge in [0.2, 0.25) is 0 Å². The molecule has 1 aromatic rings. The molecule has 2 unspecified atom stereocenters. The van der Waals surface area contributed by atoms with Crippen molar-refractivity contribution in [3.8, 4) is 0 Å². The molecule has 2 rings (SSSR count). The SMILES string of the molecule is CCC1CCN(C(=O)NCc2ccn(C)n2)C(C(=O)O)C1. The third kappa shape index (κ3) is 3.74. The van der Waals surface area contributed by atoms with Crippen LogP contribution in [0.1, 0.15) is 31.9 Å². The summed E-state index contributed by atoms with van der Waals surface area (Å²) in [7, 11) is 1.81. The molecule has 1 saturated heterocycles. The molecule has 1 aliphatic heterocycles. The second kappa shape index (κ2) is 6.60. The van der Waals surface area contributed by atoms with E-state index in [0.717, 1.165) is 18.5 Å². The molecule has 1 aromatic heterocycles. The first-order chi connectivity index (χ1) is 10.0. The lowest BCUT2D eigenvalue weighted by molar-refractivity contribution is -0.144. The summed E-state index contributed by atoms with van der Waals surface area (Å²) >= 11 is 0. The van der Waals surface area contributed by atoms with Crippen LogP contribution in [0.5, 0.6) is 0 Å². The molecular weight excluding hydrogens is 272 g/mol. The molecule has 2 heterocycles. The molecule has 0 aromatic carbocycles. The van der Waals surface area contributed by atoms with E-state index in [9.17, 15) is 14.7 Å². The number of nitrogens with one attached hydrogen (secondary N) is 1. The van der Waals surface area contributed by atoms with E-state index in [4.69, 9.17) is 0 Å². The Morgan fingerprint density at radius 2 is 2.29 bits per heavy atom. The highest BCUT2D eigenvalue weighted by Gasteiger charge is 2.35. The number of hydrogen-bond acceptors (Lipinski definition) is 3. The number of carboxylic acid groups (broad SMARTS) is 1. The highest BCUT2D eigenvalue weighted by atomic mass is 16.4. The number of urea groups is 1. The van der Waals surface area contributed by atoms with E-state index < -0.39 is 12.0 Å². The molecule has 21 heavy (non-hydrogen) atoms. The highest BCUT2D eigenvalue weighted by Crippen LogP contribution is 2.25. The summed E-state index contributed by atoms with van der Waals surface area (Å²) in [5, 5.41) is 16.2. The molecule has 7 nitrogen and oxygen atoms in total. The Morgan fingerprint density at radius 3 is 2.86 bits per heavy atom. The van der Waals surface area contributed by atoms with Crippen molar-refractivity contribution >= 4 is 12.0 Å². The molecule has 2 N–H and O–H groups in total. The van der Waals surface area contributed by atoms with Gasteiger partial charge in [-0.3, -0.25) is 4.68 Å². The Hall–Kier alpha value is -2.05. The van der Waals surface area contributed by atoms with Gasteiger partial charge in [0, 0.05) is 19.8 Å². The minimum Gasteiger partial charge on any atom is -0.480 e. The second-order valence-electron chi connectivity index (χ2n) is 5.49. The Morgan fingerprint density at radius 1 is 1.52 bits per heavy atom. The zero-order chi connectivity index (χ0) is 15.4. The number of aryl methyl sites for hydroxylation is 1. The average molecular weight is 294 g/mol. The number of rotatable bonds is 4. The molecule has 1 fully saturated rings. The molecule has 7 heteroatoms. The van der Waals surface area contributed by atoms with Crippen LogP contribution in [0.3, 0.4) is 0 Å². The van der Waals surface area contributed by atoms with Crippen molar-refractivity contribution in [3.05, 3.63) is 18.0 Å². The Kier molecular flexibility index (Phi) is 4.82. The topological polar surface area (TPSA) is 87.5 Å². The number of piperidine rings is 1. The van der Waals surface area contributed by atoms with Gasteiger partial charge in [0.15, 0.2) is 0 Å². The zero-order valence-corrected chi connectivity index (χ0v) is 12.5. The van der Waals surface area contributed by atoms with Crippen molar-refractivity contribution in [2.45, 2.75) is 38.8 Å². The van der Waals surface area contributed by atoms with Crippen molar-refractivity contribution in [1.82, 2.24) is 20.0 Å². The summed E-state index contributed by atoms with van der Waals surface area (Å²) in [5.74, 6) is -0.549. The molecule has 0 spiro atoms. The lowest BCUT2D eigenvalue weighted by Crippen LogP contribution is -2.53. The van der Waals surface area contributed by atoms with Crippen LogP contribution in [0.2, 0.25) is 0 Å². The quantitative estimate of drug-likeness (QED) is 0.873. The maximum Gasteiger partial charge on any atom is 0.326 e. The largest absolute Gasteiger partial charge is 0.480 e. The van der Waals surface area contributed by atoms with E-state index in [0.29, 0.717) is 25.4 Å². The number of aromatic nitrogens is 2. The molecule has 0 aliphatic carbocycles. The van der Waals surface area contributed by atoms with Gasteiger partial charge in [0.25, 0.3) is 0 Å². The number of aliphatic carboxylic acids is 1. The zero-order valence-electron chi connectivity index (χ0n) is 12.5. The first kappa shape index (κ1) is 15.3. The van der Waals surface area contributed by atoms with Gasteiger partial charge in [-0.05, 0) is 24.8 Å². The summed E-state index contributed by atoms with van der Waals surface area (Å²) in [6.07, 6.45) is 4.14. The molecule has 0 saturated carbocycles. The highest BCUT2D eigenvalue weighted by molar-refractivity contribution is 5.82. The minimum absolute atomic E-state index is 0.305. The molecule has 2 atom stereocenters. The maximum atomic E-state index is 12.2. The van der Waals surface area contributed by atoms with Crippen molar-refractivity contribution in [2.75, 3.05) is 6.54 Å². The van der Waals surface area contributed by atoms with Crippen LogP contribution in [0.4, 0.5) is 4.79 Å². The predicted molar refractivity (Wildman–Crippen MR) is 76.6 cm³/mol. The number of carbonyl (C=O) groups is 2. The molecule has 116 valence electrons. The van der Waals surface area contributed by atoms with Crippen LogP contribution in [-0.2, 0) is 18.4 Å². The van der Waals surface area contributed by atoms with Crippen molar-refractivity contribution in [2.24, 2.45) is 13.0 Å². The summed E-state index contributed by atoms with van der Waals surface area (Å²) < 4.78 is 1.66. The number of carbonyl (C=O) groups excluding carboxylic acids is 1. The molecule has 1 aliphatic rings. The minimum atomic E-state index is -0.930. The Bertz CT molecular complexity index is 514. The van der Waals surface area contributed by atoms with Crippen LogP contribution in [-0.4, -0.2) is 44.4 Å². The first-order valence-corrected chi connectivity index (χ1v) is 7.27. The Labute approximate surface area is 123 Å². The molecule has 2 amide bonds. The van der Waals surface area contributed by atoms with Crippen molar-refractivity contribution in [1.29, 1.82) is 0 Å². The van der Waals surface area contributed by atoms with E-state index in [1.54, 1.807) is 17.9 Å². The lowest BCUT2D eigenvalue weighted by Gasteiger charge is -2.36. The van der Waals surface area contributed by atoms with Gasteiger partial charge >= 0.3 is 12.0 Å². The van der Waals surface area contributed by atoms with E-state index >= 15 is 0 Å². The van der Waals surface area contributed by atoms with Crippen LogP contribution >= 0.6 is 0 Å². The fraction of sp³-hybridized carbons (Fsp3) is 0.643. The molecular formula is C14H22N4O3. The second-order valence-corrected chi connectivity index (χ2v) is 5.49. The normalized spacial score (nSPS) is 22.1. The van der Waals surface area contributed by atoms with E-state index in [1.807, 2.05) is 6.07 Å². The fourth-order valence-electron chi connectivity index (χ4n) is 2.71. The predicted octanol–water partition coefficient (Wildman–Crippen LogP) is 1.20. The number of carboxylic acids is 1. The van der Waals surface area contributed by atoms with E-state index in [-0.39, 0.29) is 6.03 Å². The monoisotopic (exact) mass is 294 g/mol. The third-order valence-corrected chi connectivity index (χ3v) is 4.02. The van der Waals surface area contributed by atoms with Gasteiger partial charge in [-0.1, -0.05) is 13.3 Å². The number of hydrogen-bond donors (Lipinski definition) is 2. The van der Waals surface area contributed by atoms with E-state index in [1.165, 1.54) is 4.90 Å². The van der Waals surface area contributed by atoms with Gasteiger partial charge < -0.3 is 15.3 Å². The van der Waals surface area contributed by atoms with Gasteiger partial charge in [-0.2, -0.15) is 5.10 Å². The maximum absolute atomic E-state index is 12.2. The van der Waals surface area contributed by atoms with Crippen LogP contribution in [0, 0.1) is 5.92 Å². The summed E-state index contributed by atoms with van der Waals surface area (Å²) in [6, 6.07) is 0.758. The van der Waals surface area contributed by atoms with Gasteiger partial charge in [0.05, 0.1) is 12.2 Å². The number of likely N-dealkylation sites (tertiary alicyclic amines) is 1. The first-order valence-electron chi connectivity index (χ1n) is 7.27. The van der Waals surface area contributed by atoms with Crippen LogP contribution in [0.15, 0.2) is 12.3 Å². The van der Waals surface area contributed by atoms with Crippen LogP contribution < -0.4 is 5.32 Å². The fourth-order valence-corrected chi connectivity index (χ4v) is 2.71. The van der Waals surface area contributed by atoms with Crippen molar-refractivity contribution < 1.29 is 14.7 Å². The summed E-state index contributed by atoms with van der Waals surface area (Å²) in [6.45, 7) is 2.85. The number of nitrogens with zero attached hydrogens (tertiary/aromatic N) is 3. The van der Waals surface area contributed by atoms with Gasteiger partial charge in [-0.25, -0.2) is 9.59 Å². The van der Waals surface area contributed by atoms with Crippen LogP contribution in [0.25, 0.3) is 0 Å². The summed E-state index contributed by atoms with van der Waals surface area (Å²) in [5.41, 5.74) is 0.751. The number of amides is 2. The standard InChI is InChI=1S/C14H22N4O3/c1-3-10-4-7-18(12(8-10)13(19)20)14(21)15-9-11-5-6-17(2)16-11/h5-6,10,12H,3-4,7-9H2,1-2H3,(H,15,21)(H,19,20). The average Bonchev–Trinajstić information content (AvgIpc) is 2.89. The third-order valence-electron chi connectivity index (χ3n) is 4.02. The van der Waals surface area contributed by atoms with Gasteiger partial charge in [0.1, 0.15) is 6.04 Å². The molecule has 0 radical (unpaired) electrons. The van der Waals surface area contributed by atoms with Crippen molar-refractivity contribution in [3.63, 3.8) is 0 Å². The Balaban J connectivity index is 1.95. The van der Waals surface area contributed by atoms with E-state index in [2.05, 4.69) is 17.3 Å².